The molecule has 0 saturated heterocycles. The molecule has 14 heavy (non-hydrogen) atoms. The van der Waals surface area contributed by atoms with Crippen LogP contribution in [0.2, 0.25) is 5.02 Å². The summed E-state index contributed by atoms with van der Waals surface area (Å²) in [5.74, 6) is 4.84. The fourth-order valence-corrected chi connectivity index (χ4v) is 1.22. The van der Waals surface area contributed by atoms with Crippen LogP contribution in [0, 0.1) is 0 Å². The van der Waals surface area contributed by atoms with E-state index in [1.54, 1.807) is 0 Å². The first kappa shape index (κ1) is 10.8. The van der Waals surface area contributed by atoms with Gasteiger partial charge < -0.3 is 5.84 Å². The zero-order chi connectivity index (χ0) is 10.8. The summed E-state index contributed by atoms with van der Waals surface area (Å²) in [7, 11) is 0. The molecule has 0 aliphatic rings. The Morgan fingerprint density at radius 2 is 2.00 bits per heavy atom. The summed E-state index contributed by atoms with van der Waals surface area (Å²) < 4.78 is 36.7. The maximum absolute atomic E-state index is 12.2. The van der Waals surface area contributed by atoms with Crippen molar-refractivity contribution in [2.45, 2.75) is 6.18 Å². The summed E-state index contributed by atoms with van der Waals surface area (Å²) >= 11 is 5.43. The molecule has 1 aromatic rings. The Morgan fingerprint density at radius 3 is 2.43 bits per heavy atom. The quantitative estimate of drug-likeness (QED) is 0.443. The molecule has 0 spiro atoms. The summed E-state index contributed by atoms with van der Waals surface area (Å²) in [5.41, 5.74) is -0.446. The first-order valence-electron chi connectivity index (χ1n) is 3.55. The van der Waals surface area contributed by atoms with Crippen molar-refractivity contribution in [1.82, 2.24) is 0 Å². The van der Waals surface area contributed by atoms with Crippen LogP contribution in [-0.4, -0.2) is 6.21 Å². The molecule has 0 bridgehead atoms. The van der Waals surface area contributed by atoms with Crippen LogP contribution < -0.4 is 5.84 Å². The molecule has 0 saturated carbocycles. The van der Waals surface area contributed by atoms with Crippen LogP contribution in [0.1, 0.15) is 11.1 Å². The van der Waals surface area contributed by atoms with Crippen molar-refractivity contribution >= 4 is 17.8 Å². The second-order valence-corrected chi connectivity index (χ2v) is 2.92. The topological polar surface area (TPSA) is 38.4 Å². The average Bonchev–Trinajstić information content (AvgIpc) is 2.02. The Hall–Kier alpha value is -1.23. The van der Waals surface area contributed by atoms with Crippen molar-refractivity contribution in [2.24, 2.45) is 10.9 Å². The number of hydrogen-bond acceptors (Lipinski definition) is 2. The minimum absolute atomic E-state index is 0.366. The van der Waals surface area contributed by atoms with E-state index >= 15 is 0 Å². The molecule has 76 valence electrons. The average molecular weight is 223 g/mol. The van der Waals surface area contributed by atoms with E-state index in [1.807, 2.05) is 0 Å². The van der Waals surface area contributed by atoms with Crippen LogP contribution in [-0.2, 0) is 6.18 Å². The normalized spacial score (nSPS) is 12.3. The Morgan fingerprint density at radius 1 is 1.36 bits per heavy atom. The van der Waals surface area contributed by atoms with Crippen LogP contribution in [0.15, 0.2) is 23.3 Å². The van der Waals surface area contributed by atoms with Crippen LogP contribution >= 0.6 is 11.6 Å². The van der Waals surface area contributed by atoms with Crippen molar-refractivity contribution in [3.05, 3.63) is 34.3 Å². The molecule has 0 aliphatic heterocycles. The second-order valence-electron chi connectivity index (χ2n) is 2.52. The van der Waals surface area contributed by atoms with Crippen LogP contribution in [0.25, 0.3) is 0 Å². The smallest absolute Gasteiger partial charge is 0.323 e. The first-order valence-corrected chi connectivity index (χ1v) is 3.93. The number of rotatable bonds is 1. The predicted octanol–water partition coefficient (Wildman–Crippen LogP) is 2.65. The Bertz CT molecular complexity index is 360. The van der Waals surface area contributed by atoms with Gasteiger partial charge in [-0.05, 0) is 17.7 Å². The van der Waals surface area contributed by atoms with Crippen molar-refractivity contribution in [1.29, 1.82) is 0 Å². The predicted molar refractivity (Wildman–Crippen MR) is 48.2 cm³/mol. The van der Waals surface area contributed by atoms with Crippen LogP contribution in [0.4, 0.5) is 13.2 Å². The monoisotopic (exact) mass is 222 g/mol. The number of nitrogens with zero attached hydrogens (tertiary/aromatic N) is 1. The van der Waals surface area contributed by atoms with Gasteiger partial charge >= 0.3 is 6.18 Å². The van der Waals surface area contributed by atoms with E-state index in [0.717, 1.165) is 12.1 Å². The summed E-state index contributed by atoms with van der Waals surface area (Å²) in [6.45, 7) is 0. The Kier molecular flexibility index (Phi) is 3.00. The van der Waals surface area contributed by atoms with Gasteiger partial charge in [-0.25, -0.2) is 0 Å². The molecule has 0 atom stereocenters. The van der Waals surface area contributed by atoms with Gasteiger partial charge in [-0.2, -0.15) is 18.3 Å². The SMILES string of the molecule is NN=Cc1ccc(C(F)(F)F)c(Cl)c1. The van der Waals surface area contributed by atoms with E-state index in [9.17, 15) is 13.2 Å². The molecule has 0 unspecified atom stereocenters. The summed E-state index contributed by atoms with van der Waals surface area (Å²) in [6, 6.07) is 3.28. The van der Waals surface area contributed by atoms with E-state index < -0.39 is 11.7 Å². The number of nitrogens with two attached hydrogens (primary N) is 1. The first-order chi connectivity index (χ1) is 6.45. The van der Waals surface area contributed by atoms with Gasteiger partial charge in [0.15, 0.2) is 0 Å². The Balaban J connectivity index is 3.14. The molecule has 2 N–H and O–H groups in total. The van der Waals surface area contributed by atoms with Gasteiger partial charge in [0, 0.05) is 0 Å². The largest absolute Gasteiger partial charge is 0.417 e. The zero-order valence-corrected chi connectivity index (χ0v) is 7.60. The minimum atomic E-state index is -4.44. The van der Waals surface area contributed by atoms with Gasteiger partial charge in [0.2, 0.25) is 0 Å². The molecule has 0 aromatic heterocycles. The molecule has 0 amide bonds. The molecule has 0 heterocycles. The highest BCUT2D eigenvalue weighted by Gasteiger charge is 2.32. The molecule has 1 rings (SSSR count). The van der Waals surface area contributed by atoms with Crippen molar-refractivity contribution in [3.8, 4) is 0 Å². The number of hydrogen-bond donors (Lipinski definition) is 1. The van der Waals surface area contributed by atoms with Crippen LogP contribution in [0.5, 0.6) is 0 Å². The molecular weight excluding hydrogens is 217 g/mol. The van der Waals surface area contributed by atoms with Crippen molar-refractivity contribution in [3.63, 3.8) is 0 Å². The highest BCUT2D eigenvalue weighted by Crippen LogP contribution is 2.34. The fourth-order valence-electron chi connectivity index (χ4n) is 0.928. The van der Waals surface area contributed by atoms with E-state index in [4.69, 9.17) is 17.4 Å². The highest BCUT2D eigenvalue weighted by atomic mass is 35.5. The summed E-state index contributed by atoms with van der Waals surface area (Å²) in [4.78, 5) is 0. The summed E-state index contributed by atoms with van der Waals surface area (Å²) in [6.07, 6.45) is -3.22. The molecule has 0 aliphatic carbocycles. The van der Waals surface area contributed by atoms with E-state index in [1.165, 1.54) is 12.3 Å². The van der Waals surface area contributed by atoms with Crippen molar-refractivity contribution in [2.75, 3.05) is 0 Å². The van der Waals surface area contributed by atoms with Gasteiger partial charge in [0.25, 0.3) is 0 Å². The molecule has 0 fully saturated rings. The van der Waals surface area contributed by atoms with E-state index in [-0.39, 0.29) is 5.02 Å². The van der Waals surface area contributed by atoms with Crippen molar-refractivity contribution < 1.29 is 13.2 Å². The maximum atomic E-state index is 12.2. The number of benzene rings is 1. The lowest BCUT2D eigenvalue weighted by Gasteiger charge is -2.08. The van der Waals surface area contributed by atoms with E-state index in [2.05, 4.69) is 5.10 Å². The third kappa shape index (κ3) is 2.38. The summed E-state index contributed by atoms with van der Waals surface area (Å²) in [5, 5.41) is 2.81. The van der Waals surface area contributed by atoms with E-state index in [0.29, 0.717) is 5.56 Å². The molecule has 1 aromatic carbocycles. The molecule has 2 nitrogen and oxygen atoms in total. The van der Waals surface area contributed by atoms with Gasteiger partial charge in [-0.15, -0.1) is 0 Å². The lowest BCUT2D eigenvalue weighted by Crippen LogP contribution is -2.06. The Labute approximate surface area is 83.2 Å². The third-order valence-electron chi connectivity index (χ3n) is 1.52. The minimum Gasteiger partial charge on any atom is -0.323 e. The van der Waals surface area contributed by atoms with Gasteiger partial charge in [-0.3, -0.25) is 0 Å². The number of halogens is 4. The van der Waals surface area contributed by atoms with Gasteiger partial charge in [-0.1, -0.05) is 17.7 Å². The molecule has 0 radical (unpaired) electrons. The van der Waals surface area contributed by atoms with Crippen LogP contribution in [0.3, 0.4) is 0 Å². The number of hydrazone groups is 1. The number of alkyl halides is 3. The molecular formula is C8H6ClF3N2. The highest BCUT2D eigenvalue weighted by molar-refractivity contribution is 6.31. The second kappa shape index (κ2) is 3.88. The van der Waals surface area contributed by atoms with Gasteiger partial charge in [0.1, 0.15) is 0 Å². The fraction of sp³-hybridized carbons (Fsp3) is 0.125. The standard InChI is InChI=1S/C8H6ClF3N2/c9-7-3-5(4-14-13)1-2-6(7)8(10,11)12/h1-4H,13H2. The maximum Gasteiger partial charge on any atom is 0.417 e. The lowest BCUT2D eigenvalue weighted by atomic mass is 10.1. The van der Waals surface area contributed by atoms with Gasteiger partial charge in [0.05, 0.1) is 16.8 Å². The lowest BCUT2D eigenvalue weighted by molar-refractivity contribution is -0.137. The third-order valence-corrected chi connectivity index (χ3v) is 1.83. The molecule has 6 heteroatoms. The zero-order valence-electron chi connectivity index (χ0n) is 6.85.